The van der Waals surface area contributed by atoms with Gasteiger partial charge in [-0.2, -0.15) is 0 Å². The topological polar surface area (TPSA) is 103 Å². The molecule has 2 aromatic carbocycles. The van der Waals surface area contributed by atoms with E-state index in [1.54, 1.807) is 36.7 Å². The third kappa shape index (κ3) is 10.3. The molecule has 0 heterocycles. The lowest BCUT2D eigenvalue weighted by Gasteiger charge is -2.23. The van der Waals surface area contributed by atoms with Crippen LogP contribution in [0.2, 0.25) is 0 Å². The largest absolute Gasteiger partial charge is 0.478 e. The molecule has 0 aliphatic heterocycles. The van der Waals surface area contributed by atoms with Crippen LogP contribution in [0.4, 0.5) is 11.4 Å². The Balaban J connectivity index is 0.00000237. The van der Waals surface area contributed by atoms with Crippen LogP contribution in [-0.4, -0.2) is 35.0 Å². The lowest BCUT2D eigenvalue weighted by molar-refractivity contribution is 0.0696. The fourth-order valence-corrected chi connectivity index (χ4v) is 4.94. The van der Waals surface area contributed by atoms with Gasteiger partial charge in [-0.25, -0.2) is 4.79 Å². The van der Waals surface area contributed by atoms with Crippen molar-refractivity contribution < 1.29 is 14.7 Å². The van der Waals surface area contributed by atoms with Crippen LogP contribution in [-0.2, 0) is 0 Å². The van der Waals surface area contributed by atoms with Crippen LogP contribution in [0.25, 0.3) is 0 Å². The van der Waals surface area contributed by atoms with Crippen LogP contribution in [0.5, 0.6) is 0 Å². The lowest BCUT2D eigenvalue weighted by Crippen LogP contribution is -2.24. The van der Waals surface area contributed by atoms with Gasteiger partial charge in [0.15, 0.2) is 0 Å². The predicted octanol–water partition coefficient (Wildman–Crippen LogP) is 8.62. The van der Waals surface area contributed by atoms with E-state index in [1.165, 1.54) is 32.1 Å². The second kappa shape index (κ2) is 17.5. The fraction of sp³-hybridized carbons (Fsp3) is 0.371. The Morgan fingerprint density at radius 3 is 2.48 bits per heavy atom. The van der Waals surface area contributed by atoms with Crippen LogP contribution in [0.1, 0.15) is 105 Å². The number of anilines is 1. The number of hydrogen-bond acceptors (Lipinski definition) is 5. The molecule has 0 spiro atoms. The van der Waals surface area contributed by atoms with E-state index in [9.17, 15) is 14.7 Å². The van der Waals surface area contributed by atoms with Crippen molar-refractivity contribution in [3.63, 3.8) is 0 Å². The summed E-state index contributed by atoms with van der Waals surface area (Å²) in [6.45, 7) is 5.92. The van der Waals surface area contributed by atoms with Gasteiger partial charge in [-0.1, -0.05) is 76.3 Å². The number of carbonyl (C=O) groups is 2. The summed E-state index contributed by atoms with van der Waals surface area (Å²) in [5.41, 5.74) is 4.60. The molecule has 0 saturated heterocycles. The van der Waals surface area contributed by atoms with Crippen molar-refractivity contribution in [1.29, 1.82) is 0 Å². The Labute approximate surface area is 250 Å². The Morgan fingerprint density at radius 2 is 1.74 bits per heavy atom. The highest BCUT2D eigenvalue weighted by atomic mass is 16.4. The fourth-order valence-electron chi connectivity index (χ4n) is 4.94. The minimum Gasteiger partial charge on any atom is -0.478 e. The maximum absolute atomic E-state index is 13.1. The maximum atomic E-state index is 13.1. The van der Waals surface area contributed by atoms with Crippen molar-refractivity contribution in [1.82, 2.24) is 5.32 Å². The third-order valence-corrected chi connectivity index (χ3v) is 7.07. The van der Waals surface area contributed by atoms with E-state index in [4.69, 9.17) is 0 Å². The SMILES string of the molecule is C/C=C\N=C1CC=CC=C(NC(=O)c2cccc(C=Nc3cc(C(=O)O)ccc3NC3CCCCCCC3)c2)C1.CC. The number of benzene rings is 2. The molecule has 1 saturated carbocycles. The number of aliphatic imine (C=N–C) groups is 2. The molecule has 2 aliphatic carbocycles. The molecule has 1 amide bonds. The van der Waals surface area contributed by atoms with Gasteiger partial charge in [0.2, 0.25) is 0 Å². The summed E-state index contributed by atoms with van der Waals surface area (Å²) < 4.78 is 0. The summed E-state index contributed by atoms with van der Waals surface area (Å²) in [6.07, 6.45) is 20.9. The summed E-state index contributed by atoms with van der Waals surface area (Å²) in [7, 11) is 0. The van der Waals surface area contributed by atoms with Crippen LogP contribution < -0.4 is 10.6 Å². The first-order valence-electron chi connectivity index (χ1n) is 15.1. The number of nitrogens with zero attached hydrogens (tertiary/aromatic N) is 2. The van der Waals surface area contributed by atoms with Crippen molar-refractivity contribution in [2.24, 2.45) is 9.98 Å². The summed E-state index contributed by atoms with van der Waals surface area (Å²) in [4.78, 5) is 33.9. The normalized spacial score (nSPS) is 17.1. The molecule has 42 heavy (non-hydrogen) atoms. The summed E-state index contributed by atoms with van der Waals surface area (Å²) in [5.74, 6) is -1.20. The zero-order valence-corrected chi connectivity index (χ0v) is 25.1. The average Bonchev–Trinajstić information content (AvgIpc) is 3.22. The van der Waals surface area contributed by atoms with E-state index in [0.717, 1.165) is 41.9 Å². The van der Waals surface area contributed by atoms with Gasteiger partial charge in [0.05, 0.1) is 16.9 Å². The average molecular weight is 569 g/mol. The van der Waals surface area contributed by atoms with Gasteiger partial charge in [0.1, 0.15) is 0 Å². The minimum atomic E-state index is -0.991. The molecule has 0 radical (unpaired) electrons. The molecule has 4 rings (SSSR count). The van der Waals surface area contributed by atoms with Gasteiger partial charge in [-0.05, 0) is 61.7 Å². The van der Waals surface area contributed by atoms with Gasteiger partial charge in [0, 0.05) is 48.3 Å². The summed E-state index contributed by atoms with van der Waals surface area (Å²) in [6, 6.07) is 12.6. The molecule has 1 fully saturated rings. The van der Waals surface area contributed by atoms with Crippen molar-refractivity contribution >= 4 is 35.2 Å². The number of carbonyl (C=O) groups excluding carboxylic acids is 1. The van der Waals surface area contributed by atoms with Crippen LogP contribution in [0, 0.1) is 0 Å². The number of carboxylic acids is 1. The number of hydrogen-bond donors (Lipinski definition) is 3. The second-order valence-corrected chi connectivity index (χ2v) is 10.2. The Kier molecular flexibility index (Phi) is 13.5. The molecule has 2 aliphatic rings. The molecular weight excluding hydrogens is 524 g/mol. The number of amides is 1. The van der Waals surface area contributed by atoms with Crippen LogP contribution in [0.15, 0.2) is 88.7 Å². The van der Waals surface area contributed by atoms with Gasteiger partial charge in [-0.3, -0.25) is 14.8 Å². The predicted molar refractivity (Wildman–Crippen MR) is 174 cm³/mol. The molecule has 0 aromatic heterocycles. The smallest absolute Gasteiger partial charge is 0.335 e. The van der Waals surface area contributed by atoms with Gasteiger partial charge >= 0.3 is 5.97 Å². The Bertz CT molecular complexity index is 1350. The minimum absolute atomic E-state index is 0.187. The van der Waals surface area contributed by atoms with E-state index >= 15 is 0 Å². The number of nitrogens with one attached hydrogen (secondary N) is 2. The van der Waals surface area contributed by atoms with Gasteiger partial charge in [-0.15, -0.1) is 0 Å². The van der Waals surface area contributed by atoms with E-state index in [0.29, 0.717) is 23.7 Å². The van der Waals surface area contributed by atoms with Crippen molar-refractivity contribution in [3.8, 4) is 0 Å². The number of aromatic carboxylic acids is 1. The highest BCUT2D eigenvalue weighted by Crippen LogP contribution is 2.30. The summed E-state index contributed by atoms with van der Waals surface area (Å²) >= 11 is 0. The lowest BCUT2D eigenvalue weighted by atomic mass is 9.96. The Hall–Kier alpha value is -4.26. The first-order valence-corrected chi connectivity index (χ1v) is 15.1. The monoisotopic (exact) mass is 568 g/mol. The van der Waals surface area contributed by atoms with Crippen molar-refractivity contribution in [3.05, 3.63) is 95.4 Å². The zero-order chi connectivity index (χ0) is 30.2. The second-order valence-electron chi connectivity index (χ2n) is 10.2. The van der Waals surface area contributed by atoms with Crippen molar-refractivity contribution in [2.45, 2.75) is 84.6 Å². The van der Waals surface area contributed by atoms with Gasteiger partial charge in [0.25, 0.3) is 5.91 Å². The molecule has 3 N–H and O–H groups in total. The maximum Gasteiger partial charge on any atom is 0.335 e. The van der Waals surface area contributed by atoms with Crippen LogP contribution >= 0.6 is 0 Å². The number of rotatable bonds is 8. The zero-order valence-electron chi connectivity index (χ0n) is 25.1. The van der Waals surface area contributed by atoms with E-state index in [1.807, 2.05) is 63.3 Å². The highest BCUT2D eigenvalue weighted by Gasteiger charge is 2.15. The summed E-state index contributed by atoms with van der Waals surface area (Å²) in [5, 5.41) is 16.2. The highest BCUT2D eigenvalue weighted by molar-refractivity contribution is 5.99. The first-order chi connectivity index (χ1) is 20.5. The van der Waals surface area contributed by atoms with Crippen molar-refractivity contribution in [2.75, 3.05) is 5.32 Å². The quantitative estimate of drug-likeness (QED) is 0.277. The molecule has 7 nitrogen and oxygen atoms in total. The Morgan fingerprint density at radius 1 is 0.976 bits per heavy atom. The molecule has 0 atom stereocenters. The first kappa shape index (κ1) is 32.3. The molecule has 0 unspecified atom stereocenters. The van der Waals surface area contributed by atoms with E-state index in [2.05, 4.69) is 20.6 Å². The third-order valence-electron chi connectivity index (χ3n) is 7.07. The van der Waals surface area contributed by atoms with Crippen LogP contribution in [0.3, 0.4) is 0 Å². The molecule has 2 aromatic rings. The number of carboxylic acid groups (broad SMARTS) is 1. The van der Waals surface area contributed by atoms with E-state index in [-0.39, 0.29) is 11.5 Å². The molecule has 7 heteroatoms. The molecule has 222 valence electrons. The molecular formula is C35H44N4O3. The van der Waals surface area contributed by atoms with E-state index < -0.39 is 5.97 Å². The number of allylic oxidation sites excluding steroid dienone is 5. The molecule has 0 bridgehead atoms. The van der Waals surface area contributed by atoms with Gasteiger partial charge < -0.3 is 15.7 Å². The standard InChI is InChI=1S/C33H38N4O3.C2H6/c1-2-19-34-28-15-8-9-16-29(22-28)37-32(38)25-12-10-11-24(20-25)23-35-31-21-26(33(39)40)17-18-30(31)36-27-13-6-4-3-5-7-14-27;1-2/h2,8-12,16-21,23,27,36H,3-7,13-15,22H2,1H3,(H,37,38)(H,39,40);1-2H3/b19-2-,34-28?,35-23?;.